The molecule has 1 N–H and O–H groups in total. The van der Waals surface area contributed by atoms with E-state index in [-0.39, 0.29) is 6.42 Å². The maximum atomic E-state index is 13.1. The van der Waals surface area contributed by atoms with Crippen LogP contribution in [0.4, 0.5) is 8.78 Å². The fraction of sp³-hybridized carbons (Fsp3) is 0.400. The SMILES string of the molecule is C[C@@]1(O)Cc2cc(F)cc(F)c2C1. The van der Waals surface area contributed by atoms with Gasteiger partial charge in [-0.1, -0.05) is 0 Å². The summed E-state index contributed by atoms with van der Waals surface area (Å²) in [7, 11) is 0. The Bertz CT molecular complexity index is 358. The maximum Gasteiger partial charge on any atom is 0.129 e. The Hall–Kier alpha value is -0.960. The van der Waals surface area contributed by atoms with Crippen molar-refractivity contribution < 1.29 is 13.9 Å². The summed E-state index contributed by atoms with van der Waals surface area (Å²) >= 11 is 0. The Morgan fingerprint density at radius 2 is 2.00 bits per heavy atom. The van der Waals surface area contributed by atoms with Gasteiger partial charge in [0.25, 0.3) is 0 Å². The van der Waals surface area contributed by atoms with E-state index in [1.807, 2.05) is 0 Å². The van der Waals surface area contributed by atoms with Gasteiger partial charge in [-0.25, -0.2) is 8.78 Å². The zero-order valence-corrected chi connectivity index (χ0v) is 7.27. The second kappa shape index (κ2) is 2.51. The first-order chi connectivity index (χ1) is 5.98. The van der Waals surface area contributed by atoms with E-state index in [0.29, 0.717) is 17.5 Å². The highest BCUT2D eigenvalue weighted by Gasteiger charge is 2.32. The van der Waals surface area contributed by atoms with Crippen LogP contribution < -0.4 is 0 Å². The van der Waals surface area contributed by atoms with Crippen LogP contribution in [0, 0.1) is 11.6 Å². The molecule has 0 fully saturated rings. The first kappa shape index (κ1) is 8.63. The summed E-state index contributed by atoms with van der Waals surface area (Å²) in [5, 5.41) is 9.64. The van der Waals surface area contributed by atoms with E-state index in [4.69, 9.17) is 0 Å². The minimum atomic E-state index is -0.920. The van der Waals surface area contributed by atoms with E-state index in [1.54, 1.807) is 6.92 Å². The normalized spacial score (nSPS) is 26.2. The van der Waals surface area contributed by atoms with Crippen molar-refractivity contribution in [2.24, 2.45) is 0 Å². The summed E-state index contributed by atoms with van der Waals surface area (Å²) in [6.45, 7) is 1.63. The lowest BCUT2D eigenvalue weighted by Crippen LogP contribution is -2.23. The van der Waals surface area contributed by atoms with Crippen LogP contribution in [0.1, 0.15) is 18.1 Å². The monoisotopic (exact) mass is 184 g/mol. The third-order valence-electron chi connectivity index (χ3n) is 2.38. The number of aliphatic hydroxyl groups is 1. The molecular formula is C10H10F2O. The first-order valence-electron chi connectivity index (χ1n) is 4.17. The van der Waals surface area contributed by atoms with E-state index in [1.165, 1.54) is 6.07 Å². The lowest BCUT2D eigenvalue weighted by atomic mass is 10.0. The Morgan fingerprint density at radius 3 is 2.69 bits per heavy atom. The van der Waals surface area contributed by atoms with Crippen molar-refractivity contribution in [1.29, 1.82) is 0 Å². The maximum absolute atomic E-state index is 13.1. The lowest BCUT2D eigenvalue weighted by Gasteiger charge is -2.13. The third-order valence-corrected chi connectivity index (χ3v) is 2.38. The van der Waals surface area contributed by atoms with Gasteiger partial charge in [0.1, 0.15) is 11.6 Å². The largest absolute Gasteiger partial charge is 0.389 e. The van der Waals surface area contributed by atoms with Crippen molar-refractivity contribution in [3.8, 4) is 0 Å². The molecule has 1 aliphatic carbocycles. The molecule has 0 heterocycles. The van der Waals surface area contributed by atoms with Crippen LogP contribution in [-0.4, -0.2) is 10.7 Å². The number of fused-ring (bicyclic) bond motifs is 1. The van der Waals surface area contributed by atoms with Gasteiger partial charge in [0.05, 0.1) is 5.60 Å². The second-order valence-corrected chi connectivity index (χ2v) is 3.88. The Kier molecular flexibility index (Phi) is 1.67. The van der Waals surface area contributed by atoms with Crippen molar-refractivity contribution >= 4 is 0 Å². The number of halogens is 2. The van der Waals surface area contributed by atoms with Crippen molar-refractivity contribution in [2.75, 3.05) is 0 Å². The average molecular weight is 184 g/mol. The summed E-state index contributed by atoms with van der Waals surface area (Å²) < 4.78 is 25.9. The van der Waals surface area contributed by atoms with E-state index < -0.39 is 17.2 Å². The van der Waals surface area contributed by atoms with Crippen LogP contribution in [0.25, 0.3) is 0 Å². The average Bonchev–Trinajstić information content (AvgIpc) is 2.23. The van der Waals surface area contributed by atoms with Gasteiger partial charge >= 0.3 is 0 Å². The molecule has 0 bridgehead atoms. The van der Waals surface area contributed by atoms with Crippen molar-refractivity contribution in [1.82, 2.24) is 0 Å². The zero-order valence-electron chi connectivity index (χ0n) is 7.27. The number of rotatable bonds is 0. The molecule has 1 atom stereocenters. The van der Waals surface area contributed by atoms with Gasteiger partial charge in [0, 0.05) is 18.9 Å². The van der Waals surface area contributed by atoms with E-state index in [9.17, 15) is 13.9 Å². The van der Waals surface area contributed by atoms with E-state index in [2.05, 4.69) is 0 Å². The molecule has 0 aromatic heterocycles. The predicted molar refractivity (Wildman–Crippen MR) is 44.4 cm³/mol. The molecule has 0 spiro atoms. The molecule has 0 aliphatic heterocycles. The smallest absolute Gasteiger partial charge is 0.129 e. The minimum absolute atomic E-state index is 0.272. The van der Waals surface area contributed by atoms with Crippen LogP contribution >= 0.6 is 0 Å². The van der Waals surface area contributed by atoms with Gasteiger partial charge in [0.2, 0.25) is 0 Å². The van der Waals surface area contributed by atoms with Gasteiger partial charge in [-0.2, -0.15) is 0 Å². The highest BCUT2D eigenvalue weighted by Crippen LogP contribution is 2.31. The van der Waals surface area contributed by atoms with Crippen LogP contribution in [0.5, 0.6) is 0 Å². The van der Waals surface area contributed by atoms with E-state index >= 15 is 0 Å². The van der Waals surface area contributed by atoms with Gasteiger partial charge < -0.3 is 5.11 Å². The highest BCUT2D eigenvalue weighted by atomic mass is 19.1. The van der Waals surface area contributed by atoms with Crippen LogP contribution in [-0.2, 0) is 12.8 Å². The molecule has 0 saturated heterocycles. The molecule has 1 aromatic carbocycles. The lowest BCUT2D eigenvalue weighted by molar-refractivity contribution is 0.0714. The molecular weight excluding hydrogens is 174 g/mol. The van der Waals surface area contributed by atoms with Gasteiger partial charge in [-0.3, -0.25) is 0 Å². The summed E-state index contributed by atoms with van der Waals surface area (Å²) in [6.07, 6.45) is 0.603. The molecule has 3 heteroatoms. The summed E-state index contributed by atoms with van der Waals surface area (Å²) in [6, 6.07) is 2.15. The molecule has 70 valence electrons. The molecule has 2 rings (SSSR count). The molecule has 0 unspecified atom stereocenters. The number of benzene rings is 1. The molecule has 1 aromatic rings. The number of hydrogen-bond donors (Lipinski definition) is 1. The molecule has 13 heavy (non-hydrogen) atoms. The first-order valence-corrected chi connectivity index (χ1v) is 4.17. The Balaban J connectivity index is 2.52. The number of hydrogen-bond acceptors (Lipinski definition) is 1. The fourth-order valence-corrected chi connectivity index (χ4v) is 1.87. The van der Waals surface area contributed by atoms with E-state index in [0.717, 1.165) is 6.07 Å². The van der Waals surface area contributed by atoms with Gasteiger partial charge in [0.15, 0.2) is 0 Å². The Morgan fingerprint density at radius 1 is 1.31 bits per heavy atom. The quantitative estimate of drug-likeness (QED) is 0.652. The molecule has 1 aliphatic rings. The van der Waals surface area contributed by atoms with Crippen molar-refractivity contribution in [3.05, 3.63) is 34.9 Å². The topological polar surface area (TPSA) is 20.2 Å². The third kappa shape index (κ3) is 1.44. The highest BCUT2D eigenvalue weighted by molar-refractivity contribution is 5.36. The summed E-state index contributed by atoms with van der Waals surface area (Å²) in [5.74, 6) is -1.12. The molecule has 1 nitrogen and oxygen atoms in total. The zero-order chi connectivity index (χ0) is 9.64. The van der Waals surface area contributed by atoms with Crippen LogP contribution in [0.2, 0.25) is 0 Å². The van der Waals surface area contributed by atoms with Gasteiger partial charge in [-0.15, -0.1) is 0 Å². The Labute approximate surface area is 75.0 Å². The summed E-state index contributed by atoms with van der Waals surface area (Å²) in [4.78, 5) is 0. The standard InChI is InChI=1S/C10H10F2O/c1-10(13)4-6-2-7(11)3-9(12)8(6)5-10/h2-3,13H,4-5H2,1H3/t10-/m1/s1. The molecule has 0 saturated carbocycles. The van der Waals surface area contributed by atoms with Crippen molar-refractivity contribution in [3.63, 3.8) is 0 Å². The summed E-state index contributed by atoms with van der Waals surface area (Å²) in [5.41, 5.74) is 0.116. The van der Waals surface area contributed by atoms with Gasteiger partial charge in [-0.05, 0) is 24.1 Å². The molecule has 0 amide bonds. The van der Waals surface area contributed by atoms with Crippen LogP contribution in [0.15, 0.2) is 12.1 Å². The molecule has 0 radical (unpaired) electrons. The van der Waals surface area contributed by atoms with Crippen molar-refractivity contribution in [2.45, 2.75) is 25.4 Å². The second-order valence-electron chi connectivity index (χ2n) is 3.88. The fourth-order valence-electron chi connectivity index (χ4n) is 1.87. The van der Waals surface area contributed by atoms with Crippen LogP contribution in [0.3, 0.4) is 0 Å². The predicted octanol–water partition coefficient (Wildman–Crippen LogP) is 1.81. The minimum Gasteiger partial charge on any atom is -0.389 e.